The summed E-state index contributed by atoms with van der Waals surface area (Å²) < 4.78 is 1.07. The summed E-state index contributed by atoms with van der Waals surface area (Å²) in [5, 5.41) is 9.05. The Hall–Kier alpha value is -0.890. The van der Waals surface area contributed by atoms with E-state index in [1.165, 1.54) is 5.56 Å². The van der Waals surface area contributed by atoms with E-state index in [2.05, 4.69) is 52.9 Å². The Morgan fingerprint density at radius 3 is 2.35 bits per heavy atom. The van der Waals surface area contributed by atoms with Gasteiger partial charge >= 0.3 is 0 Å². The van der Waals surface area contributed by atoms with Crippen LogP contribution in [0.4, 0.5) is 0 Å². The standard InChI is InChI=1S/C16H24BrN3/c1-4-15(19)16(13-6-8-14(17)9-7-13)20(5-2)11-12(3)10-18/h6-9,12,15-16H,4-5,11,19H2,1-3H3. The first-order valence-electron chi connectivity index (χ1n) is 7.18. The number of rotatable bonds is 7. The van der Waals surface area contributed by atoms with Crippen molar-refractivity contribution in [3.63, 3.8) is 0 Å². The second kappa shape index (κ2) is 8.41. The maximum absolute atomic E-state index is 9.05. The summed E-state index contributed by atoms with van der Waals surface area (Å²) in [5.74, 6) is 0.0111. The minimum Gasteiger partial charge on any atom is -0.326 e. The molecule has 0 amide bonds. The van der Waals surface area contributed by atoms with E-state index in [1.54, 1.807) is 0 Å². The molecule has 0 bridgehead atoms. The van der Waals surface area contributed by atoms with Gasteiger partial charge in [0.25, 0.3) is 0 Å². The van der Waals surface area contributed by atoms with Gasteiger partial charge < -0.3 is 5.73 Å². The molecule has 0 saturated heterocycles. The van der Waals surface area contributed by atoms with Gasteiger partial charge in [-0.05, 0) is 37.6 Å². The van der Waals surface area contributed by atoms with Crippen LogP contribution in [0.15, 0.2) is 28.7 Å². The number of nitriles is 1. The van der Waals surface area contributed by atoms with Crippen molar-refractivity contribution < 1.29 is 0 Å². The molecule has 3 nitrogen and oxygen atoms in total. The van der Waals surface area contributed by atoms with E-state index in [0.717, 1.165) is 24.0 Å². The van der Waals surface area contributed by atoms with Crippen molar-refractivity contribution >= 4 is 15.9 Å². The van der Waals surface area contributed by atoms with E-state index < -0.39 is 0 Å². The van der Waals surface area contributed by atoms with Gasteiger partial charge in [-0.15, -0.1) is 0 Å². The predicted molar refractivity (Wildman–Crippen MR) is 87.2 cm³/mol. The van der Waals surface area contributed by atoms with Crippen LogP contribution in [0, 0.1) is 17.2 Å². The third kappa shape index (κ3) is 4.59. The average Bonchev–Trinajstić information content (AvgIpc) is 2.47. The Balaban J connectivity index is 3.04. The second-order valence-electron chi connectivity index (χ2n) is 5.19. The Morgan fingerprint density at radius 2 is 1.90 bits per heavy atom. The zero-order valence-electron chi connectivity index (χ0n) is 12.5. The molecular formula is C16H24BrN3. The molecule has 3 unspecified atom stereocenters. The molecule has 1 rings (SSSR count). The highest BCUT2D eigenvalue weighted by Crippen LogP contribution is 2.27. The predicted octanol–water partition coefficient (Wildman–Crippen LogP) is 3.71. The van der Waals surface area contributed by atoms with Gasteiger partial charge in [-0.2, -0.15) is 5.26 Å². The molecule has 0 spiro atoms. The first-order valence-corrected chi connectivity index (χ1v) is 7.97. The second-order valence-corrected chi connectivity index (χ2v) is 6.10. The largest absolute Gasteiger partial charge is 0.326 e. The van der Waals surface area contributed by atoms with Gasteiger partial charge in [0.1, 0.15) is 0 Å². The topological polar surface area (TPSA) is 53.0 Å². The minimum absolute atomic E-state index is 0.0111. The van der Waals surface area contributed by atoms with Crippen LogP contribution in [0.5, 0.6) is 0 Å². The average molecular weight is 338 g/mol. The highest BCUT2D eigenvalue weighted by atomic mass is 79.9. The molecule has 3 atom stereocenters. The van der Waals surface area contributed by atoms with Crippen LogP contribution in [-0.4, -0.2) is 24.0 Å². The van der Waals surface area contributed by atoms with Gasteiger partial charge in [0.2, 0.25) is 0 Å². The highest BCUT2D eigenvalue weighted by molar-refractivity contribution is 9.10. The van der Waals surface area contributed by atoms with E-state index >= 15 is 0 Å². The van der Waals surface area contributed by atoms with E-state index in [1.807, 2.05) is 19.1 Å². The van der Waals surface area contributed by atoms with Crippen LogP contribution in [-0.2, 0) is 0 Å². The van der Waals surface area contributed by atoms with Crippen LogP contribution in [0.25, 0.3) is 0 Å². The monoisotopic (exact) mass is 337 g/mol. The molecule has 0 aliphatic heterocycles. The molecule has 1 aromatic rings. The lowest BCUT2D eigenvalue weighted by atomic mass is 9.95. The molecule has 0 fully saturated rings. The van der Waals surface area contributed by atoms with Crippen molar-refractivity contribution in [3.05, 3.63) is 34.3 Å². The SMILES string of the molecule is CCC(N)C(c1ccc(Br)cc1)N(CC)CC(C)C#N. The Morgan fingerprint density at radius 1 is 1.30 bits per heavy atom. The third-order valence-corrected chi connectivity index (χ3v) is 4.15. The summed E-state index contributed by atoms with van der Waals surface area (Å²) in [4.78, 5) is 2.31. The molecule has 0 aliphatic rings. The smallest absolute Gasteiger partial charge is 0.0666 e. The number of hydrogen-bond donors (Lipinski definition) is 1. The maximum Gasteiger partial charge on any atom is 0.0666 e. The summed E-state index contributed by atoms with van der Waals surface area (Å²) in [6.45, 7) is 7.83. The van der Waals surface area contributed by atoms with E-state index in [-0.39, 0.29) is 18.0 Å². The molecule has 2 N–H and O–H groups in total. The van der Waals surface area contributed by atoms with E-state index in [4.69, 9.17) is 11.0 Å². The van der Waals surface area contributed by atoms with Crippen molar-refractivity contribution in [2.45, 2.75) is 39.3 Å². The van der Waals surface area contributed by atoms with Crippen LogP contribution in [0.2, 0.25) is 0 Å². The highest BCUT2D eigenvalue weighted by Gasteiger charge is 2.25. The summed E-state index contributed by atoms with van der Waals surface area (Å²) >= 11 is 3.47. The number of hydrogen-bond acceptors (Lipinski definition) is 3. The molecule has 0 heterocycles. The lowest BCUT2D eigenvalue weighted by molar-refractivity contribution is 0.166. The molecule has 20 heavy (non-hydrogen) atoms. The Bertz CT molecular complexity index is 438. The maximum atomic E-state index is 9.05. The fourth-order valence-corrected chi connectivity index (χ4v) is 2.71. The van der Waals surface area contributed by atoms with Crippen LogP contribution in [0.1, 0.15) is 38.8 Å². The van der Waals surface area contributed by atoms with Gasteiger partial charge in [0.05, 0.1) is 12.0 Å². The van der Waals surface area contributed by atoms with Gasteiger partial charge in [-0.3, -0.25) is 4.90 Å². The number of halogens is 1. The van der Waals surface area contributed by atoms with Crippen LogP contribution >= 0.6 is 15.9 Å². The molecule has 110 valence electrons. The molecular weight excluding hydrogens is 314 g/mol. The number of likely N-dealkylation sites (N-methyl/N-ethyl adjacent to an activating group) is 1. The molecule has 0 saturated carbocycles. The zero-order chi connectivity index (χ0) is 15.1. The fourth-order valence-electron chi connectivity index (χ4n) is 2.44. The molecule has 4 heteroatoms. The van der Waals surface area contributed by atoms with Crippen molar-refractivity contribution in [2.75, 3.05) is 13.1 Å². The molecule has 0 radical (unpaired) electrons. The number of nitrogens with two attached hydrogens (primary N) is 1. The van der Waals surface area contributed by atoms with Gasteiger partial charge in [0, 0.05) is 23.1 Å². The lowest BCUT2D eigenvalue weighted by Gasteiger charge is -2.35. The van der Waals surface area contributed by atoms with Crippen molar-refractivity contribution in [2.24, 2.45) is 11.7 Å². The molecule has 0 aromatic heterocycles. The van der Waals surface area contributed by atoms with E-state index in [9.17, 15) is 0 Å². The van der Waals surface area contributed by atoms with Gasteiger partial charge in [-0.25, -0.2) is 0 Å². The number of benzene rings is 1. The summed E-state index contributed by atoms with van der Waals surface area (Å²) in [7, 11) is 0. The van der Waals surface area contributed by atoms with Crippen molar-refractivity contribution in [3.8, 4) is 6.07 Å². The first-order chi connectivity index (χ1) is 9.53. The quantitative estimate of drug-likeness (QED) is 0.825. The van der Waals surface area contributed by atoms with Gasteiger partial charge in [-0.1, -0.05) is 41.9 Å². The Kier molecular flexibility index (Phi) is 7.22. The molecule has 0 aliphatic carbocycles. The zero-order valence-corrected chi connectivity index (χ0v) is 14.1. The fraction of sp³-hybridized carbons (Fsp3) is 0.562. The van der Waals surface area contributed by atoms with Crippen molar-refractivity contribution in [1.29, 1.82) is 5.26 Å². The normalized spacial score (nSPS) is 15.7. The van der Waals surface area contributed by atoms with Crippen molar-refractivity contribution in [1.82, 2.24) is 4.90 Å². The van der Waals surface area contributed by atoms with E-state index in [0.29, 0.717) is 0 Å². The summed E-state index contributed by atoms with van der Waals surface area (Å²) in [5.41, 5.74) is 7.56. The summed E-state index contributed by atoms with van der Waals surface area (Å²) in [6.07, 6.45) is 0.915. The molecule has 1 aromatic carbocycles. The Labute approximate surface area is 130 Å². The van der Waals surface area contributed by atoms with Gasteiger partial charge in [0.15, 0.2) is 0 Å². The minimum atomic E-state index is 0.0111. The number of nitrogens with zero attached hydrogens (tertiary/aromatic N) is 2. The summed E-state index contributed by atoms with van der Waals surface area (Å²) in [6, 6.07) is 10.9. The third-order valence-electron chi connectivity index (χ3n) is 3.62. The lowest BCUT2D eigenvalue weighted by Crippen LogP contribution is -2.42. The van der Waals surface area contributed by atoms with Crippen LogP contribution < -0.4 is 5.73 Å². The van der Waals surface area contributed by atoms with Crippen LogP contribution in [0.3, 0.4) is 0 Å². The first kappa shape index (κ1) is 17.2.